The maximum Gasteiger partial charge on any atom is 0.143 e. The second-order valence-corrected chi connectivity index (χ2v) is 7.80. The van der Waals surface area contributed by atoms with E-state index in [1.807, 2.05) is 6.07 Å². The van der Waals surface area contributed by atoms with Crippen LogP contribution >= 0.6 is 0 Å². The average Bonchev–Trinajstić information content (AvgIpc) is 3.25. The van der Waals surface area contributed by atoms with Crippen molar-refractivity contribution in [1.29, 1.82) is 0 Å². The number of benzene rings is 3. The van der Waals surface area contributed by atoms with Crippen LogP contribution in [-0.2, 0) is 0 Å². The molecule has 0 aliphatic rings. The maximum absolute atomic E-state index is 6.27. The molecule has 0 amide bonds. The zero-order valence-electron chi connectivity index (χ0n) is 16.9. The molecule has 0 unspecified atom stereocenters. The Labute approximate surface area is 169 Å². The zero-order valence-corrected chi connectivity index (χ0v) is 16.9. The molecule has 5 rings (SSSR count). The third-order valence-corrected chi connectivity index (χ3v) is 5.34. The molecule has 29 heavy (non-hydrogen) atoms. The lowest BCUT2D eigenvalue weighted by atomic mass is 9.99. The monoisotopic (exact) mass is 378 g/mol. The molecular weight excluding hydrogens is 356 g/mol. The van der Waals surface area contributed by atoms with E-state index in [0.717, 1.165) is 55.4 Å². The molecule has 2 heteroatoms. The van der Waals surface area contributed by atoms with E-state index < -0.39 is 0 Å². The summed E-state index contributed by atoms with van der Waals surface area (Å²) in [5.74, 6) is 0.802. The number of furan rings is 2. The zero-order chi connectivity index (χ0) is 20.1. The number of rotatable bonds is 3. The quantitative estimate of drug-likeness (QED) is 0.315. The maximum atomic E-state index is 6.27. The van der Waals surface area contributed by atoms with Gasteiger partial charge in [0.15, 0.2) is 0 Å². The van der Waals surface area contributed by atoms with Crippen LogP contribution in [0.2, 0.25) is 0 Å². The molecule has 5 aromatic rings. The topological polar surface area (TPSA) is 26.3 Å². The van der Waals surface area contributed by atoms with Gasteiger partial charge in [-0.15, -0.1) is 0 Å². The number of allylic oxidation sites excluding steroid dienone is 1. The summed E-state index contributed by atoms with van der Waals surface area (Å²) >= 11 is 0. The van der Waals surface area contributed by atoms with Gasteiger partial charge < -0.3 is 8.83 Å². The molecule has 2 aromatic heterocycles. The molecule has 0 aliphatic carbocycles. The van der Waals surface area contributed by atoms with E-state index in [1.54, 1.807) is 6.08 Å². The fraction of sp³-hybridized carbons (Fsp3) is 0.111. The van der Waals surface area contributed by atoms with E-state index in [4.69, 9.17) is 8.83 Å². The molecule has 0 spiro atoms. The first-order valence-corrected chi connectivity index (χ1v) is 9.81. The summed E-state index contributed by atoms with van der Waals surface area (Å²) in [5, 5.41) is 3.39. The smallest absolute Gasteiger partial charge is 0.143 e. The first-order valence-electron chi connectivity index (χ1n) is 9.81. The second-order valence-electron chi connectivity index (χ2n) is 7.80. The summed E-state index contributed by atoms with van der Waals surface area (Å²) in [6.07, 6.45) is 3.92. The van der Waals surface area contributed by atoms with Gasteiger partial charge in [-0.1, -0.05) is 54.1 Å². The molecular formula is C27H22O2. The van der Waals surface area contributed by atoms with Crippen LogP contribution in [0.1, 0.15) is 30.7 Å². The van der Waals surface area contributed by atoms with E-state index >= 15 is 0 Å². The predicted octanol–water partition coefficient (Wildman–Crippen LogP) is 8.37. The molecule has 3 aromatic carbocycles. The van der Waals surface area contributed by atoms with Crippen molar-refractivity contribution in [2.24, 2.45) is 0 Å². The summed E-state index contributed by atoms with van der Waals surface area (Å²) in [7, 11) is 0. The van der Waals surface area contributed by atoms with Gasteiger partial charge in [-0.3, -0.25) is 0 Å². The highest BCUT2D eigenvalue weighted by atomic mass is 16.3. The van der Waals surface area contributed by atoms with Crippen LogP contribution in [0.15, 0.2) is 75.6 Å². The van der Waals surface area contributed by atoms with Gasteiger partial charge in [0.2, 0.25) is 0 Å². The Bertz CT molecular complexity index is 1440. The molecule has 0 aliphatic heterocycles. The van der Waals surface area contributed by atoms with Gasteiger partial charge in [-0.2, -0.15) is 0 Å². The first-order chi connectivity index (χ1) is 14.0. The van der Waals surface area contributed by atoms with Crippen molar-refractivity contribution in [3.8, 4) is 11.1 Å². The highest BCUT2D eigenvalue weighted by Crippen LogP contribution is 2.38. The second kappa shape index (κ2) is 6.52. The van der Waals surface area contributed by atoms with Crippen LogP contribution < -0.4 is 0 Å². The molecule has 142 valence electrons. The number of aryl methyl sites for hydroxylation is 1. The Hall–Kier alpha value is -3.52. The minimum atomic E-state index is 0.802. The Morgan fingerprint density at radius 1 is 0.862 bits per heavy atom. The van der Waals surface area contributed by atoms with E-state index in [-0.39, 0.29) is 0 Å². The van der Waals surface area contributed by atoms with Crippen molar-refractivity contribution < 1.29 is 8.83 Å². The Balaban J connectivity index is 1.79. The lowest BCUT2D eigenvalue weighted by Gasteiger charge is -2.03. The molecule has 0 bridgehead atoms. The Kier molecular flexibility index (Phi) is 3.95. The van der Waals surface area contributed by atoms with Crippen molar-refractivity contribution >= 4 is 45.1 Å². The van der Waals surface area contributed by atoms with Gasteiger partial charge in [0.05, 0.1) is 0 Å². The molecule has 0 saturated heterocycles. The first kappa shape index (κ1) is 17.6. The van der Waals surface area contributed by atoms with E-state index in [9.17, 15) is 0 Å². The van der Waals surface area contributed by atoms with Crippen molar-refractivity contribution in [2.75, 3.05) is 0 Å². The summed E-state index contributed by atoms with van der Waals surface area (Å²) in [5.41, 5.74) is 8.42. The molecule has 0 N–H and O–H groups in total. The summed E-state index contributed by atoms with van der Waals surface area (Å²) in [6, 6.07) is 19.0. The van der Waals surface area contributed by atoms with Gasteiger partial charge in [-0.05, 0) is 56.7 Å². The number of fused-ring (bicyclic) bond motifs is 4. The van der Waals surface area contributed by atoms with Crippen molar-refractivity contribution in [2.45, 2.75) is 20.8 Å². The molecule has 0 saturated carbocycles. The highest BCUT2D eigenvalue weighted by molar-refractivity contribution is 6.10. The number of hydrogen-bond acceptors (Lipinski definition) is 2. The molecule has 0 radical (unpaired) electrons. The van der Waals surface area contributed by atoms with E-state index in [0.29, 0.717) is 0 Å². The van der Waals surface area contributed by atoms with Crippen LogP contribution in [0, 0.1) is 6.92 Å². The summed E-state index contributed by atoms with van der Waals surface area (Å²) in [6.45, 7) is 10.2. The van der Waals surface area contributed by atoms with E-state index in [2.05, 4.69) is 82.0 Å². The lowest BCUT2D eigenvalue weighted by Crippen LogP contribution is -1.80. The van der Waals surface area contributed by atoms with Gasteiger partial charge >= 0.3 is 0 Å². The predicted molar refractivity (Wildman–Crippen MR) is 123 cm³/mol. The normalized spacial score (nSPS) is 11.4. The number of para-hydroxylation sites is 1. The van der Waals surface area contributed by atoms with Crippen LogP contribution in [0.25, 0.3) is 56.2 Å². The Morgan fingerprint density at radius 2 is 1.66 bits per heavy atom. The largest absolute Gasteiger partial charge is 0.456 e. The van der Waals surface area contributed by atoms with Gasteiger partial charge in [0, 0.05) is 27.3 Å². The van der Waals surface area contributed by atoms with Crippen molar-refractivity contribution in [1.82, 2.24) is 0 Å². The fourth-order valence-electron chi connectivity index (χ4n) is 4.03. The standard InChI is InChI=1S/C27H22O2/c1-5-24-21(13-16(2)3)23-15-18(10-12-25(23)28-24)19-7-6-8-20-22-14-17(4)9-11-26(22)29-27(19)20/h5-15H,1H2,2-4H3. The SMILES string of the molecule is C=Cc1oc2ccc(-c3cccc4c3oc3ccc(C)cc34)cc2c1C=C(C)C. The number of hydrogen-bond donors (Lipinski definition) is 0. The third-order valence-electron chi connectivity index (χ3n) is 5.34. The van der Waals surface area contributed by atoms with E-state index in [1.165, 1.54) is 11.1 Å². The lowest BCUT2D eigenvalue weighted by molar-refractivity contribution is 0.603. The van der Waals surface area contributed by atoms with Crippen molar-refractivity contribution in [3.05, 3.63) is 83.6 Å². The minimum absolute atomic E-state index is 0.802. The van der Waals surface area contributed by atoms with Gasteiger partial charge in [-0.25, -0.2) is 0 Å². The molecule has 0 atom stereocenters. The summed E-state index contributed by atoms with van der Waals surface area (Å²) in [4.78, 5) is 0. The van der Waals surface area contributed by atoms with Gasteiger partial charge in [0.25, 0.3) is 0 Å². The summed E-state index contributed by atoms with van der Waals surface area (Å²) < 4.78 is 12.3. The Morgan fingerprint density at radius 3 is 2.45 bits per heavy atom. The van der Waals surface area contributed by atoms with Crippen LogP contribution in [-0.4, -0.2) is 0 Å². The highest BCUT2D eigenvalue weighted by Gasteiger charge is 2.15. The minimum Gasteiger partial charge on any atom is -0.456 e. The van der Waals surface area contributed by atoms with Crippen LogP contribution in [0.3, 0.4) is 0 Å². The molecule has 2 nitrogen and oxygen atoms in total. The van der Waals surface area contributed by atoms with Gasteiger partial charge in [0.1, 0.15) is 22.5 Å². The third kappa shape index (κ3) is 2.80. The van der Waals surface area contributed by atoms with Crippen LogP contribution in [0.5, 0.6) is 0 Å². The average molecular weight is 378 g/mol. The molecule has 0 fully saturated rings. The fourth-order valence-corrected chi connectivity index (χ4v) is 4.03. The molecule has 2 heterocycles. The van der Waals surface area contributed by atoms with Crippen molar-refractivity contribution in [3.63, 3.8) is 0 Å². The van der Waals surface area contributed by atoms with Crippen LogP contribution in [0.4, 0.5) is 0 Å².